The number of nitrogens with zero attached hydrogens (tertiary/aromatic N) is 2. The quantitative estimate of drug-likeness (QED) is 0.529. The molecule has 164 valence electrons. The number of carbonyl (C=O) groups excluding carboxylic acids is 2. The number of pyridine rings is 1. The van der Waals surface area contributed by atoms with Gasteiger partial charge in [0.25, 0.3) is 11.8 Å². The average Bonchev–Trinajstić information content (AvgIpc) is 3.29. The number of hydrogen-bond donors (Lipinski definition) is 3. The lowest BCUT2D eigenvalue weighted by Gasteiger charge is -2.13. The van der Waals surface area contributed by atoms with Crippen LogP contribution >= 0.6 is 0 Å². The molecule has 2 aromatic heterocycles. The van der Waals surface area contributed by atoms with Gasteiger partial charge in [-0.2, -0.15) is 13.2 Å². The number of hydrogen-bond acceptors (Lipinski definition) is 4. The molecule has 2 amide bonds. The van der Waals surface area contributed by atoms with Gasteiger partial charge in [0.05, 0.1) is 16.8 Å². The Bertz CT molecular complexity index is 1320. The Labute approximate surface area is 180 Å². The highest BCUT2D eigenvalue weighted by Gasteiger charge is 2.42. The topological polar surface area (TPSA) is 112 Å². The predicted octanol–water partition coefficient (Wildman–Crippen LogP) is 2.29. The molecular weight excluding hydrogens is 425 g/mol. The zero-order valence-electron chi connectivity index (χ0n) is 16.7. The predicted molar refractivity (Wildman–Crippen MR) is 109 cm³/mol. The number of primary amides is 1. The number of H-pyrrole nitrogens is 1. The Morgan fingerprint density at radius 3 is 2.72 bits per heavy atom. The number of nitrogens with one attached hydrogen (secondary N) is 1. The summed E-state index contributed by atoms with van der Waals surface area (Å²) in [6, 6.07) is 7.57. The smallest absolute Gasteiger partial charge is 0.369 e. The van der Waals surface area contributed by atoms with Gasteiger partial charge in [-0.05, 0) is 18.2 Å². The lowest BCUT2D eigenvalue weighted by atomic mass is 10.0. The minimum absolute atomic E-state index is 0.0930. The van der Waals surface area contributed by atoms with E-state index in [0.717, 1.165) is 6.20 Å². The van der Waals surface area contributed by atoms with E-state index in [-0.39, 0.29) is 28.7 Å². The third kappa shape index (κ3) is 3.67. The van der Waals surface area contributed by atoms with E-state index in [0.29, 0.717) is 17.7 Å². The fourth-order valence-electron chi connectivity index (χ4n) is 3.59. The van der Waals surface area contributed by atoms with E-state index in [1.54, 1.807) is 31.3 Å². The van der Waals surface area contributed by atoms with Gasteiger partial charge in [0.15, 0.2) is 5.69 Å². The maximum atomic E-state index is 13.4. The number of rotatable bonds is 2. The van der Waals surface area contributed by atoms with Crippen LogP contribution in [0.1, 0.15) is 28.0 Å². The molecule has 3 heterocycles. The molecule has 0 saturated carbocycles. The van der Waals surface area contributed by atoms with Gasteiger partial charge in [-0.3, -0.25) is 9.59 Å². The Kier molecular flexibility index (Phi) is 4.94. The largest absolute Gasteiger partial charge is 0.418 e. The average molecular weight is 442 g/mol. The number of alkyl halides is 3. The number of halogens is 3. The number of benzene rings is 1. The molecule has 10 heteroatoms. The number of amides is 2. The molecule has 4 N–H and O–H groups in total. The van der Waals surface area contributed by atoms with Gasteiger partial charge in [-0.15, -0.1) is 0 Å². The molecule has 0 radical (unpaired) electrons. The lowest BCUT2D eigenvalue weighted by molar-refractivity contribution is -0.137. The molecule has 0 spiro atoms. The molecular formula is C22H17F3N4O3. The van der Waals surface area contributed by atoms with Crippen LogP contribution in [-0.4, -0.2) is 51.0 Å². The van der Waals surface area contributed by atoms with Crippen molar-refractivity contribution in [2.75, 3.05) is 13.6 Å². The van der Waals surface area contributed by atoms with Crippen LogP contribution in [-0.2, 0) is 11.0 Å². The first-order valence-electron chi connectivity index (χ1n) is 9.50. The number of fused-ring (bicyclic) bond motifs is 1. The Balaban J connectivity index is 1.80. The minimum Gasteiger partial charge on any atom is -0.369 e. The van der Waals surface area contributed by atoms with Crippen molar-refractivity contribution in [1.82, 2.24) is 14.9 Å². The van der Waals surface area contributed by atoms with Gasteiger partial charge in [0.2, 0.25) is 5.60 Å². The van der Waals surface area contributed by atoms with Crippen LogP contribution in [0.3, 0.4) is 0 Å². The van der Waals surface area contributed by atoms with Gasteiger partial charge < -0.3 is 20.7 Å². The van der Waals surface area contributed by atoms with Crippen LogP contribution in [0.2, 0.25) is 0 Å². The van der Waals surface area contributed by atoms with Crippen LogP contribution in [0.15, 0.2) is 36.5 Å². The summed E-state index contributed by atoms with van der Waals surface area (Å²) in [7, 11) is 1.57. The summed E-state index contributed by atoms with van der Waals surface area (Å²) in [5, 5.41) is 10.2. The fraction of sp³-hybridized carbons (Fsp3) is 0.227. The number of nitrogens with two attached hydrogens (primary N) is 1. The van der Waals surface area contributed by atoms with Crippen LogP contribution in [0.4, 0.5) is 13.2 Å². The van der Waals surface area contributed by atoms with Gasteiger partial charge >= 0.3 is 6.18 Å². The van der Waals surface area contributed by atoms with E-state index in [4.69, 9.17) is 5.73 Å². The zero-order valence-corrected chi connectivity index (χ0v) is 16.7. The molecule has 32 heavy (non-hydrogen) atoms. The number of aromatic amines is 1. The summed E-state index contributed by atoms with van der Waals surface area (Å²) >= 11 is 0. The van der Waals surface area contributed by atoms with Crippen molar-refractivity contribution in [3.8, 4) is 23.1 Å². The van der Waals surface area contributed by atoms with E-state index in [1.165, 1.54) is 11.0 Å². The second-order valence-electron chi connectivity index (χ2n) is 7.51. The Morgan fingerprint density at radius 1 is 1.34 bits per heavy atom. The van der Waals surface area contributed by atoms with Crippen molar-refractivity contribution in [1.29, 1.82) is 0 Å². The van der Waals surface area contributed by atoms with Crippen LogP contribution in [0.25, 0.3) is 22.2 Å². The maximum Gasteiger partial charge on any atom is 0.418 e. The fourth-order valence-corrected chi connectivity index (χ4v) is 3.59. The monoisotopic (exact) mass is 442 g/mol. The molecule has 0 aliphatic carbocycles. The van der Waals surface area contributed by atoms with E-state index < -0.39 is 29.2 Å². The number of likely N-dealkylation sites (N-methyl/N-ethyl adjacent to an activating group) is 1. The molecule has 1 saturated heterocycles. The first-order chi connectivity index (χ1) is 15.0. The summed E-state index contributed by atoms with van der Waals surface area (Å²) in [5.41, 5.74) is 3.08. The van der Waals surface area contributed by atoms with Gasteiger partial charge in [0.1, 0.15) is 0 Å². The van der Waals surface area contributed by atoms with Crippen molar-refractivity contribution in [3.63, 3.8) is 0 Å². The third-order valence-electron chi connectivity index (χ3n) is 5.29. The molecule has 4 rings (SSSR count). The van der Waals surface area contributed by atoms with Crippen LogP contribution < -0.4 is 5.73 Å². The summed E-state index contributed by atoms with van der Waals surface area (Å²) in [6.07, 6.45) is -3.71. The normalized spacial score (nSPS) is 18.7. The molecule has 3 aromatic rings. The molecule has 1 atom stereocenters. The molecule has 1 aromatic carbocycles. The molecule has 0 bridgehead atoms. The zero-order chi connectivity index (χ0) is 23.3. The first-order valence-corrected chi connectivity index (χ1v) is 9.50. The number of aromatic nitrogens is 2. The highest BCUT2D eigenvalue weighted by molar-refractivity contribution is 6.05. The van der Waals surface area contributed by atoms with E-state index >= 15 is 0 Å². The minimum atomic E-state index is -4.64. The summed E-state index contributed by atoms with van der Waals surface area (Å²) in [4.78, 5) is 31.9. The summed E-state index contributed by atoms with van der Waals surface area (Å²) < 4.78 is 40.2. The number of likely N-dealkylation sites (tertiary alicyclic amines) is 1. The van der Waals surface area contributed by atoms with Crippen molar-refractivity contribution in [2.45, 2.75) is 18.2 Å². The Morgan fingerprint density at radius 2 is 2.09 bits per heavy atom. The maximum absolute atomic E-state index is 13.4. The van der Waals surface area contributed by atoms with Gasteiger partial charge in [-0.25, -0.2) is 4.98 Å². The molecule has 1 aliphatic heterocycles. The number of carbonyl (C=O) groups is 2. The summed E-state index contributed by atoms with van der Waals surface area (Å²) in [5.74, 6) is 3.85. The molecule has 1 fully saturated rings. The highest BCUT2D eigenvalue weighted by atomic mass is 19.4. The molecule has 1 unspecified atom stereocenters. The van der Waals surface area contributed by atoms with E-state index in [1.807, 2.05) is 0 Å². The third-order valence-corrected chi connectivity index (χ3v) is 5.29. The first kappa shape index (κ1) is 21.4. The lowest BCUT2D eigenvalue weighted by Crippen LogP contribution is -2.37. The number of aliphatic hydroxyl groups is 1. The van der Waals surface area contributed by atoms with E-state index in [9.17, 15) is 27.9 Å². The van der Waals surface area contributed by atoms with Crippen molar-refractivity contribution in [2.24, 2.45) is 5.73 Å². The second kappa shape index (κ2) is 7.39. The van der Waals surface area contributed by atoms with Crippen molar-refractivity contribution < 1.29 is 27.9 Å². The summed E-state index contributed by atoms with van der Waals surface area (Å²) in [6.45, 7) is 0.377. The Hall–Kier alpha value is -3.84. The van der Waals surface area contributed by atoms with E-state index in [2.05, 4.69) is 21.8 Å². The van der Waals surface area contributed by atoms with Gasteiger partial charge in [0, 0.05) is 42.7 Å². The van der Waals surface area contributed by atoms with Gasteiger partial charge in [-0.1, -0.05) is 24.0 Å². The van der Waals surface area contributed by atoms with Crippen molar-refractivity contribution >= 4 is 22.7 Å². The van der Waals surface area contributed by atoms with Crippen molar-refractivity contribution in [3.05, 3.63) is 53.3 Å². The molecule has 1 aliphatic rings. The SMILES string of the molecule is CN1CCC(O)(C#Cc2cccc(-c3cc4c(C(F)(F)F)c[nH]c4c(C(N)=O)n3)c2)C1=O. The second-order valence-corrected chi connectivity index (χ2v) is 7.51. The van der Waals surface area contributed by atoms with Crippen LogP contribution in [0.5, 0.6) is 0 Å². The highest BCUT2D eigenvalue weighted by Crippen LogP contribution is 2.37. The van der Waals surface area contributed by atoms with Crippen LogP contribution in [0, 0.1) is 11.8 Å². The standard InChI is InChI=1S/C22H17F3N4O3/c1-29-8-7-21(32,20(29)31)6-5-12-3-2-4-13(9-12)16-10-14-15(22(23,24)25)11-27-17(14)18(28-16)19(26)30/h2-4,9-11,27,32H,7-8H2,1H3,(H2,26,30). The molecule has 7 nitrogen and oxygen atoms in total.